The predicted molar refractivity (Wildman–Crippen MR) is 417 cm³/mol. The van der Waals surface area contributed by atoms with Gasteiger partial charge in [0.15, 0.2) is 22.9 Å². The van der Waals surface area contributed by atoms with Crippen molar-refractivity contribution < 1.29 is 47.6 Å². The Morgan fingerprint density at radius 3 is 1.41 bits per heavy atom. The first-order chi connectivity index (χ1) is 53.9. The van der Waals surface area contributed by atoms with Gasteiger partial charge < -0.3 is 66.7 Å². The molecule has 3 amide bonds. The van der Waals surface area contributed by atoms with E-state index in [1.807, 2.05) is 94.7 Å². The normalized spacial score (nSPS) is 18.1. The second-order valence-electron chi connectivity index (χ2n) is 29.8. The van der Waals surface area contributed by atoms with Gasteiger partial charge in [-0.1, -0.05) is 6.07 Å². The minimum absolute atomic E-state index is 0.00384. The minimum atomic E-state index is -0.820. The van der Waals surface area contributed by atoms with E-state index >= 15 is 0 Å². The van der Waals surface area contributed by atoms with Crippen molar-refractivity contribution in [1.82, 2.24) is 78.8 Å². The van der Waals surface area contributed by atoms with Gasteiger partial charge in [-0.2, -0.15) is 0 Å². The number of anilines is 9. The van der Waals surface area contributed by atoms with Gasteiger partial charge in [0.1, 0.15) is 35.0 Å². The molecule has 32 heteroatoms. The fraction of sp³-hybridized carbons (Fsp3) is 0.312. The number of likely N-dealkylation sites (N-methyl/N-ethyl adjacent to an activating group) is 2. The zero-order valence-corrected chi connectivity index (χ0v) is 62.5. The first kappa shape index (κ1) is 73.9. The molecule has 12 aromatic rings. The van der Waals surface area contributed by atoms with E-state index in [1.165, 1.54) is 24.3 Å². The third-order valence-electron chi connectivity index (χ3n) is 21.5. The van der Waals surface area contributed by atoms with Gasteiger partial charge in [-0.05, 0) is 127 Å². The van der Waals surface area contributed by atoms with Gasteiger partial charge in [-0.25, -0.2) is 43.1 Å². The molecule has 17 heterocycles. The van der Waals surface area contributed by atoms with E-state index in [0.717, 1.165) is 77.7 Å². The summed E-state index contributed by atoms with van der Waals surface area (Å²) in [6, 6.07) is 24.0. The van der Waals surface area contributed by atoms with E-state index in [4.69, 9.17) is 4.74 Å². The number of amides is 3. The van der Waals surface area contributed by atoms with Crippen molar-refractivity contribution in [1.29, 1.82) is 0 Å². The van der Waals surface area contributed by atoms with Gasteiger partial charge in [-0.3, -0.25) is 47.4 Å². The molecular formula is C80H83F3N22O7. The molecule has 0 saturated carbocycles. The lowest BCUT2D eigenvalue weighted by Gasteiger charge is -2.45. The Bertz CT molecular complexity index is 5360. The number of ether oxygens (including phenoxy) is 1. The highest BCUT2D eigenvalue weighted by Gasteiger charge is 2.38. The number of carbonyl (C=O) groups is 3. The summed E-state index contributed by atoms with van der Waals surface area (Å²) >= 11 is 0. The summed E-state index contributed by atoms with van der Waals surface area (Å²) in [5.41, 5.74) is 11.7. The van der Waals surface area contributed by atoms with Crippen LogP contribution in [0.3, 0.4) is 0 Å². The summed E-state index contributed by atoms with van der Waals surface area (Å²) in [6.07, 6.45) is 17.7. The third-order valence-corrected chi connectivity index (χ3v) is 21.5. The summed E-state index contributed by atoms with van der Waals surface area (Å²) in [4.78, 5) is 85.0. The molecule has 11 aromatic heterocycles. The van der Waals surface area contributed by atoms with Gasteiger partial charge >= 0.3 is 0 Å². The van der Waals surface area contributed by atoms with Crippen LogP contribution in [0, 0.1) is 17.5 Å². The molecule has 1 aromatic carbocycles. The summed E-state index contributed by atoms with van der Waals surface area (Å²) in [5, 5.41) is 49.4. The Kier molecular flexibility index (Phi) is 19.7. The van der Waals surface area contributed by atoms with Crippen molar-refractivity contribution in [2.45, 2.75) is 89.7 Å². The first-order valence-electron chi connectivity index (χ1n) is 36.9. The fourth-order valence-electron chi connectivity index (χ4n) is 15.6. The Labute approximate surface area is 641 Å². The lowest BCUT2D eigenvalue weighted by atomic mass is 9.95. The topological polar surface area (TPSA) is 326 Å². The van der Waals surface area contributed by atoms with E-state index in [2.05, 4.69) is 96.3 Å². The van der Waals surface area contributed by atoms with Gasteiger partial charge in [0.05, 0.1) is 165 Å². The molecule has 0 aliphatic carbocycles. The van der Waals surface area contributed by atoms with Gasteiger partial charge in [0.2, 0.25) is 0 Å². The van der Waals surface area contributed by atoms with E-state index in [9.17, 15) is 42.9 Å². The maximum atomic E-state index is 14.2. The van der Waals surface area contributed by atoms with Crippen LogP contribution in [0.2, 0.25) is 0 Å². The summed E-state index contributed by atoms with van der Waals surface area (Å²) in [5.74, 6) is -0.0196. The van der Waals surface area contributed by atoms with Crippen LogP contribution in [0.15, 0.2) is 153 Å². The smallest absolute Gasteiger partial charge is 0.254 e. The number of piperazine rings is 2. The standard InChI is InChI=1S/2C27H29FN8O2.C26H25FN6O3/c2*1-27(2,38)21-15-35(10-9-34(21)3)16-6-7-22(29-11-16)33-19-13-30-24(17-12-32-26(37)23(17)19)20-14-31-25-18(28)5-4-8-36(20)25;1-15(34)22-14-32(8-9-36-22)17-2-5-23(28-11-17)31-20-4-3-18(19-12-30-26(35)25(19)20)21-13-29-24-10-16(27)6-7-33(21)24/h2*4-8,11,13-14,21,38H,9-10,12,15H2,1-3H3,(H,29,33)(H,32,37);2-7,10-11,13,15,22,34H,8-9,12,14H2,1H3,(H,28,31)(H,30,35)/t2*21-;15-,22+/m101/s1. The fourth-order valence-corrected chi connectivity index (χ4v) is 15.6. The van der Waals surface area contributed by atoms with Crippen LogP contribution in [0.4, 0.5) is 64.7 Å². The van der Waals surface area contributed by atoms with Crippen LogP contribution in [0.5, 0.6) is 0 Å². The van der Waals surface area contributed by atoms with Crippen molar-refractivity contribution in [2.24, 2.45) is 0 Å². The van der Waals surface area contributed by atoms with Gasteiger partial charge in [-0.15, -0.1) is 0 Å². The Hall–Kier alpha value is -12.2. The number of rotatable bonds is 15. The van der Waals surface area contributed by atoms with Crippen molar-refractivity contribution in [3.8, 4) is 34.0 Å². The molecule has 18 rings (SSSR count). The van der Waals surface area contributed by atoms with Crippen LogP contribution in [-0.2, 0) is 24.4 Å². The number of nitrogens with zero attached hydrogens (tertiary/aromatic N) is 16. The monoisotopic (exact) mass is 1520 g/mol. The van der Waals surface area contributed by atoms with Crippen LogP contribution in [0.1, 0.15) is 82.4 Å². The van der Waals surface area contributed by atoms with E-state index in [0.29, 0.717) is 126 Å². The number of morpholine rings is 1. The molecular weight excluding hydrogens is 1440 g/mol. The van der Waals surface area contributed by atoms with Crippen molar-refractivity contribution in [3.63, 3.8) is 0 Å². The summed E-state index contributed by atoms with van der Waals surface area (Å²) in [6.45, 7) is 16.7. The lowest BCUT2D eigenvalue weighted by Crippen LogP contribution is -2.59. The largest absolute Gasteiger partial charge is 0.391 e. The molecule has 4 atom stereocenters. The number of aliphatic hydroxyl groups excluding tert-OH is 1. The molecule has 6 aliphatic heterocycles. The first-order valence-corrected chi connectivity index (χ1v) is 36.9. The Morgan fingerprint density at radius 1 is 0.491 bits per heavy atom. The number of nitrogens with one attached hydrogen (secondary N) is 6. The molecule has 576 valence electrons. The SMILES string of the molecule is CN1CCN(c2ccc(Nc3cnc(-c4cnc5c(F)cccn45)c4c3C(=O)NC4)nc2)C[C@@H]1C(C)(C)O.CN1CCN(c2ccc(Nc3cnc(-c4cnc5c(F)cccn45)c4c3C(=O)NC4)nc2)C[C@H]1C(C)(C)O.C[C@@H](O)[C@@H]1CN(c2ccc(Nc3ccc(-c4cnc5cc(F)ccn45)c4c3C(=O)NC4)nc2)CCO1. The van der Waals surface area contributed by atoms with E-state index < -0.39 is 28.9 Å². The number of aromatic nitrogens is 11. The van der Waals surface area contributed by atoms with Gasteiger partial charge in [0.25, 0.3) is 17.7 Å². The van der Waals surface area contributed by atoms with Crippen LogP contribution >= 0.6 is 0 Å². The number of pyridine rings is 8. The average Bonchev–Trinajstić information content (AvgIpc) is 1.61. The molecule has 0 bridgehead atoms. The number of imidazole rings is 3. The predicted octanol–water partition coefficient (Wildman–Crippen LogP) is 8.73. The number of fused-ring (bicyclic) bond motifs is 6. The molecule has 6 aliphatic rings. The van der Waals surface area contributed by atoms with E-state index in [-0.39, 0.29) is 53.0 Å². The molecule has 29 nitrogen and oxygen atoms in total. The molecule has 3 fully saturated rings. The number of carbonyl (C=O) groups excluding carboxylic acids is 3. The number of halogens is 3. The third kappa shape index (κ3) is 14.5. The second kappa shape index (κ2) is 29.9. The molecule has 112 heavy (non-hydrogen) atoms. The summed E-state index contributed by atoms with van der Waals surface area (Å²) < 4.78 is 52.7. The number of hydrogen-bond acceptors (Lipinski definition) is 23. The maximum absolute atomic E-state index is 14.2. The highest BCUT2D eigenvalue weighted by Crippen LogP contribution is 2.39. The van der Waals surface area contributed by atoms with E-state index in [1.54, 1.807) is 96.0 Å². The quantitative estimate of drug-likeness (QED) is 0.0463. The second-order valence-corrected chi connectivity index (χ2v) is 29.8. The molecule has 0 unspecified atom stereocenters. The number of aliphatic hydroxyl groups is 3. The average molecular weight is 1520 g/mol. The molecule has 9 N–H and O–H groups in total. The van der Waals surface area contributed by atoms with Crippen LogP contribution in [-0.4, -0.2) is 204 Å². The number of benzene rings is 1. The maximum Gasteiger partial charge on any atom is 0.254 e. The molecule has 0 spiro atoms. The summed E-state index contributed by atoms with van der Waals surface area (Å²) in [7, 11) is 4.07. The Morgan fingerprint density at radius 2 is 0.946 bits per heavy atom. The van der Waals surface area contributed by atoms with Crippen molar-refractivity contribution >= 4 is 86.2 Å². The molecule has 3 saturated heterocycles. The highest BCUT2D eigenvalue weighted by atomic mass is 19.1. The zero-order chi connectivity index (χ0) is 78.0. The van der Waals surface area contributed by atoms with Crippen LogP contribution in [0.25, 0.3) is 51.0 Å². The molecule has 0 radical (unpaired) electrons. The Balaban J connectivity index is 0.000000127. The lowest BCUT2D eigenvalue weighted by molar-refractivity contribution is -0.0364. The zero-order valence-electron chi connectivity index (χ0n) is 62.5. The number of hydrogen-bond donors (Lipinski definition) is 9. The highest BCUT2D eigenvalue weighted by molar-refractivity contribution is 6.07. The minimum Gasteiger partial charge on any atom is -0.391 e. The van der Waals surface area contributed by atoms with Crippen LogP contribution < -0.4 is 46.6 Å². The van der Waals surface area contributed by atoms with Gasteiger partial charge in [0, 0.05) is 113 Å². The van der Waals surface area contributed by atoms with Crippen molar-refractivity contribution in [3.05, 3.63) is 204 Å². The van der Waals surface area contributed by atoms with Crippen molar-refractivity contribution in [2.75, 3.05) is 104 Å².